The molecule has 0 aliphatic heterocycles. The fourth-order valence-corrected chi connectivity index (χ4v) is 4.82. The Bertz CT molecular complexity index is 609. The van der Waals surface area contributed by atoms with Crippen LogP contribution in [-0.2, 0) is 14.3 Å². The van der Waals surface area contributed by atoms with Gasteiger partial charge in [-0.05, 0) is 43.4 Å². The van der Waals surface area contributed by atoms with Gasteiger partial charge in [0.1, 0.15) is 17.3 Å². The third-order valence-electron chi connectivity index (χ3n) is 6.16. The minimum Gasteiger partial charge on any atom is -0.468 e. The molecular weight excluding hydrogens is 340 g/mol. The van der Waals surface area contributed by atoms with E-state index in [-0.39, 0.29) is 24.5 Å². The Morgan fingerprint density at radius 3 is 2.15 bits per heavy atom. The minimum absolute atomic E-state index is 0.0210. The van der Waals surface area contributed by atoms with Crippen LogP contribution in [0.2, 0.25) is 0 Å². The molecule has 1 aromatic rings. The van der Waals surface area contributed by atoms with Crippen molar-refractivity contribution in [2.75, 3.05) is 13.9 Å². The number of rotatable bonds is 6. The first-order chi connectivity index (χ1) is 13.2. The van der Waals surface area contributed by atoms with Gasteiger partial charge in [-0.15, -0.1) is 0 Å². The van der Waals surface area contributed by atoms with Crippen molar-refractivity contribution in [3.05, 3.63) is 29.8 Å². The van der Waals surface area contributed by atoms with Crippen LogP contribution in [0, 0.1) is 11.8 Å². The molecule has 0 heterocycles. The Labute approximate surface area is 162 Å². The van der Waals surface area contributed by atoms with Crippen LogP contribution in [-0.4, -0.2) is 25.5 Å². The van der Waals surface area contributed by atoms with Crippen LogP contribution in [0.25, 0.3) is 0 Å². The molecule has 2 saturated carbocycles. The maximum absolute atomic E-state index is 13.0. The van der Waals surface area contributed by atoms with E-state index in [0.29, 0.717) is 24.4 Å². The highest BCUT2D eigenvalue weighted by Crippen LogP contribution is 2.43. The quantitative estimate of drug-likeness (QED) is 0.518. The summed E-state index contributed by atoms with van der Waals surface area (Å²) in [5, 5.41) is 0. The summed E-state index contributed by atoms with van der Waals surface area (Å²) in [5.74, 6) is 1.32. The molecule has 27 heavy (non-hydrogen) atoms. The summed E-state index contributed by atoms with van der Waals surface area (Å²) >= 11 is 0. The van der Waals surface area contributed by atoms with Gasteiger partial charge in [-0.25, -0.2) is 0 Å². The van der Waals surface area contributed by atoms with Crippen LogP contribution in [0.4, 0.5) is 0 Å². The lowest BCUT2D eigenvalue weighted by Gasteiger charge is -2.32. The maximum atomic E-state index is 13.0. The van der Waals surface area contributed by atoms with Gasteiger partial charge in [-0.2, -0.15) is 0 Å². The number of benzene rings is 1. The lowest BCUT2D eigenvalue weighted by Crippen LogP contribution is -2.31. The summed E-state index contributed by atoms with van der Waals surface area (Å²) in [6.07, 6.45) is 9.46. The minimum atomic E-state index is -0.0442. The molecule has 2 aliphatic carbocycles. The van der Waals surface area contributed by atoms with Crippen molar-refractivity contribution in [2.24, 2.45) is 11.8 Å². The predicted octanol–water partition coefficient (Wildman–Crippen LogP) is 5.05. The Balaban J connectivity index is 1.95. The van der Waals surface area contributed by atoms with Crippen molar-refractivity contribution in [3.63, 3.8) is 0 Å². The molecule has 2 fully saturated rings. The molecule has 3 rings (SSSR count). The Hall–Kier alpha value is -1.68. The fraction of sp³-hybridized carbons (Fsp3) is 0.652. The second-order valence-electron chi connectivity index (χ2n) is 7.99. The van der Waals surface area contributed by atoms with Crippen LogP contribution in [0.1, 0.15) is 75.7 Å². The molecule has 0 aromatic heterocycles. The van der Waals surface area contributed by atoms with Crippen molar-refractivity contribution in [3.8, 4) is 5.75 Å². The van der Waals surface area contributed by atoms with E-state index in [4.69, 9.17) is 9.47 Å². The number of hydrogen-bond donors (Lipinski definition) is 0. The second-order valence-corrected chi connectivity index (χ2v) is 7.99. The van der Waals surface area contributed by atoms with E-state index in [9.17, 15) is 9.59 Å². The first kappa shape index (κ1) is 20.1. The zero-order chi connectivity index (χ0) is 19.1. The SMILES string of the molecule is COCOc1cccc(C(C2CCCCCC2=O)C2CCCCCC2=O)c1. The summed E-state index contributed by atoms with van der Waals surface area (Å²) in [6.45, 7) is 0.193. The van der Waals surface area contributed by atoms with Crippen LogP contribution >= 0.6 is 0 Å². The van der Waals surface area contributed by atoms with Crippen LogP contribution in [0.15, 0.2) is 24.3 Å². The van der Waals surface area contributed by atoms with Crippen LogP contribution in [0.5, 0.6) is 5.75 Å². The molecule has 1 aromatic carbocycles. The zero-order valence-corrected chi connectivity index (χ0v) is 16.5. The first-order valence-electron chi connectivity index (χ1n) is 10.5. The average molecular weight is 373 g/mol. The van der Waals surface area contributed by atoms with Gasteiger partial charge in [-0.1, -0.05) is 37.8 Å². The molecule has 0 saturated heterocycles. The van der Waals surface area contributed by atoms with E-state index in [1.807, 2.05) is 18.2 Å². The number of carbonyl (C=O) groups is 2. The maximum Gasteiger partial charge on any atom is 0.188 e. The van der Waals surface area contributed by atoms with Gasteiger partial charge in [-0.3, -0.25) is 9.59 Å². The van der Waals surface area contributed by atoms with E-state index in [1.165, 1.54) is 0 Å². The van der Waals surface area contributed by atoms with Crippen molar-refractivity contribution in [1.29, 1.82) is 0 Å². The van der Waals surface area contributed by atoms with E-state index < -0.39 is 0 Å². The first-order valence-corrected chi connectivity index (χ1v) is 10.5. The average Bonchev–Trinajstić information content (AvgIpc) is 3.02. The predicted molar refractivity (Wildman–Crippen MR) is 105 cm³/mol. The molecule has 0 bridgehead atoms. The summed E-state index contributed by atoms with van der Waals surface area (Å²) < 4.78 is 10.6. The third kappa shape index (κ3) is 5.19. The largest absolute Gasteiger partial charge is 0.468 e. The van der Waals surface area contributed by atoms with Crippen molar-refractivity contribution >= 4 is 11.6 Å². The molecule has 0 amide bonds. The van der Waals surface area contributed by atoms with E-state index in [1.54, 1.807) is 7.11 Å². The van der Waals surface area contributed by atoms with Gasteiger partial charge in [0.25, 0.3) is 0 Å². The molecule has 2 unspecified atom stereocenters. The van der Waals surface area contributed by atoms with Gasteiger partial charge in [0.15, 0.2) is 6.79 Å². The third-order valence-corrected chi connectivity index (χ3v) is 6.16. The Kier molecular flexibility index (Phi) is 7.45. The number of hydrogen-bond acceptors (Lipinski definition) is 4. The molecule has 0 N–H and O–H groups in total. The van der Waals surface area contributed by atoms with Gasteiger partial charge in [0.2, 0.25) is 0 Å². The number of Topliss-reactive ketones (excluding diaryl/α,β-unsaturated/α-hetero) is 2. The highest BCUT2D eigenvalue weighted by atomic mass is 16.7. The van der Waals surface area contributed by atoms with Gasteiger partial charge in [0.05, 0.1) is 0 Å². The number of methoxy groups -OCH3 is 1. The van der Waals surface area contributed by atoms with Crippen molar-refractivity contribution in [1.82, 2.24) is 0 Å². The number of carbonyl (C=O) groups excluding carboxylic acids is 2. The van der Waals surface area contributed by atoms with Gasteiger partial charge in [0, 0.05) is 37.7 Å². The Morgan fingerprint density at radius 2 is 1.56 bits per heavy atom. The molecule has 0 spiro atoms. The molecule has 2 aliphatic rings. The molecule has 4 nitrogen and oxygen atoms in total. The summed E-state index contributed by atoms with van der Waals surface area (Å²) in [5.41, 5.74) is 1.07. The smallest absolute Gasteiger partial charge is 0.188 e. The monoisotopic (exact) mass is 372 g/mol. The Morgan fingerprint density at radius 1 is 0.926 bits per heavy atom. The second kappa shape index (κ2) is 10.0. The summed E-state index contributed by atoms with van der Waals surface area (Å²) in [7, 11) is 1.60. The highest BCUT2D eigenvalue weighted by molar-refractivity contribution is 5.86. The lowest BCUT2D eigenvalue weighted by atomic mass is 9.70. The van der Waals surface area contributed by atoms with Crippen LogP contribution in [0.3, 0.4) is 0 Å². The van der Waals surface area contributed by atoms with Crippen LogP contribution < -0.4 is 4.74 Å². The summed E-state index contributed by atoms with van der Waals surface area (Å²) in [4.78, 5) is 25.9. The van der Waals surface area contributed by atoms with Gasteiger partial charge < -0.3 is 9.47 Å². The van der Waals surface area contributed by atoms with E-state index in [0.717, 1.165) is 62.7 Å². The lowest BCUT2D eigenvalue weighted by molar-refractivity contribution is -0.127. The van der Waals surface area contributed by atoms with Crippen molar-refractivity contribution < 1.29 is 19.1 Å². The zero-order valence-electron chi connectivity index (χ0n) is 16.5. The summed E-state index contributed by atoms with van der Waals surface area (Å²) in [6, 6.07) is 7.96. The number of ketones is 2. The molecule has 148 valence electrons. The highest BCUT2D eigenvalue weighted by Gasteiger charge is 2.39. The fourth-order valence-electron chi connectivity index (χ4n) is 4.82. The van der Waals surface area contributed by atoms with Gasteiger partial charge >= 0.3 is 0 Å². The molecular formula is C23H32O4. The molecule has 0 radical (unpaired) electrons. The van der Waals surface area contributed by atoms with Crippen molar-refractivity contribution in [2.45, 2.75) is 70.1 Å². The van der Waals surface area contributed by atoms with E-state index >= 15 is 0 Å². The normalized spacial score (nSPS) is 25.5. The topological polar surface area (TPSA) is 52.6 Å². The van der Waals surface area contributed by atoms with E-state index in [2.05, 4.69) is 6.07 Å². The molecule has 2 atom stereocenters. The number of ether oxygens (including phenoxy) is 2. The molecule has 4 heteroatoms. The standard InChI is InChI=1S/C23H32O4/c1-26-16-27-18-10-8-9-17(15-18)23(19-11-4-2-6-13-21(19)24)20-12-5-3-7-14-22(20)25/h8-10,15,19-20,23H,2-7,11-14,16H2,1H3.